The molecule has 0 radical (unpaired) electrons. The number of carbonyl (C=O) groups excluding carboxylic acids is 4. The number of carbonyl (C=O) groups is 4. The molecular weight excluding hydrogens is 488 g/mol. The Morgan fingerprint density at radius 1 is 0.921 bits per heavy atom. The summed E-state index contributed by atoms with van der Waals surface area (Å²) in [4.78, 5) is 56.1. The van der Waals surface area contributed by atoms with Gasteiger partial charge in [-0.2, -0.15) is 0 Å². The molecule has 2 heterocycles. The number of likely N-dealkylation sites (tertiary alicyclic amines) is 2. The fourth-order valence-electron chi connectivity index (χ4n) is 5.75. The van der Waals surface area contributed by atoms with Crippen molar-refractivity contribution in [3.05, 3.63) is 0 Å². The number of fused-ring (bicyclic) bond motifs is 1. The average Bonchev–Trinajstić information content (AvgIpc) is 3.42. The van der Waals surface area contributed by atoms with Gasteiger partial charge in [0, 0.05) is 18.6 Å². The maximum atomic E-state index is 14.0. The Morgan fingerprint density at radius 3 is 2.16 bits per heavy atom. The van der Waals surface area contributed by atoms with Crippen molar-refractivity contribution >= 4 is 23.9 Å². The van der Waals surface area contributed by atoms with E-state index in [2.05, 4.69) is 21.3 Å². The Hall–Kier alpha value is -2.56. The predicted octanol–water partition coefficient (Wildman–Crippen LogP) is 1.96. The summed E-state index contributed by atoms with van der Waals surface area (Å²) >= 11 is 0. The molecule has 0 aromatic carbocycles. The van der Waals surface area contributed by atoms with Gasteiger partial charge in [-0.3, -0.25) is 9.59 Å². The SMILES string of the molecule is CN[C@@H](C)C(=O)N[C@H](C(=O)N1CCC2[C@H]1[C@@H](OC(=O)NC1CCCCC1)CN2C(=O)NC(C)C)C(C)(C)C. The second-order valence-electron chi connectivity index (χ2n) is 12.4. The van der Waals surface area contributed by atoms with E-state index in [-0.39, 0.29) is 42.5 Å². The summed E-state index contributed by atoms with van der Waals surface area (Å²) in [6, 6.07) is -2.19. The number of nitrogens with zero attached hydrogens (tertiary/aromatic N) is 2. The number of likely N-dealkylation sites (N-methyl/N-ethyl adjacent to an activating group) is 1. The zero-order valence-electron chi connectivity index (χ0n) is 24.1. The summed E-state index contributed by atoms with van der Waals surface area (Å²) in [5.74, 6) is -0.491. The van der Waals surface area contributed by atoms with Crippen LogP contribution in [0.15, 0.2) is 0 Å². The molecule has 0 aromatic rings. The molecule has 1 unspecified atom stereocenters. The molecule has 3 rings (SSSR count). The number of hydrogen-bond donors (Lipinski definition) is 4. The van der Waals surface area contributed by atoms with Gasteiger partial charge in [-0.25, -0.2) is 9.59 Å². The van der Waals surface area contributed by atoms with Crippen molar-refractivity contribution in [1.29, 1.82) is 0 Å². The van der Waals surface area contributed by atoms with Gasteiger partial charge in [-0.05, 0) is 52.5 Å². The fraction of sp³-hybridized carbons (Fsp3) is 0.852. The van der Waals surface area contributed by atoms with Crippen molar-refractivity contribution in [2.45, 2.75) is 122 Å². The third-order valence-electron chi connectivity index (χ3n) is 7.95. The molecule has 216 valence electrons. The lowest BCUT2D eigenvalue weighted by atomic mass is 9.85. The molecule has 4 N–H and O–H groups in total. The van der Waals surface area contributed by atoms with Crippen LogP contribution in [0.4, 0.5) is 9.59 Å². The zero-order valence-corrected chi connectivity index (χ0v) is 24.1. The largest absolute Gasteiger partial charge is 0.442 e. The van der Waals surface area contributed by atoms with Gasteiger partial charge in [0.15, 0.2) is 0 Å². The van der Waals surface area contributed by atoms with Crippen LogP contribution in [-0.2, 0) is 14.3 Å². The molecule has 11 nitrogen and oxygen atoms in total. The highest BCUT2D eigenvalue weighted by atomic mass is 16.6. The van der Waals surface area contributed by atoms with Gasteiger partial charge in [0.25, 0.3) is 0 Å². The zero-order chi connectivity index (χ0) is 28.2. The van der Waals surface area contributed by atoms with E-state index in [9.17, 15) is 19.2 Å². The first kappa shape index (κ1) is 30.0. The summed E-state index contributed by atoms with van der Waals surface area (Å²) < 4.78 is 5.93. The average molecular weight is 537 g/mol. The molecule has 5 amide bonds. The summed E-state index contributed by atoms with van der Waals surface area (Å²) in [7, 11) is 1.69. The third-order valence-corrected chi connectivity index (χ3v) is 7.95. The standard InChI is InChI=1S/C27H48N6O5/c1-16(2)29-25(36)33-15-20(38-26(37)30-18-11-9-8-10-12-18)21-19(33)13-14-32(21)24(35)22(27(4,5)6)31-23(34)17(3)28-7/h16-22,28H,8-15H2,1-7H3,(H,29,36)(H,30,37)(H,31,34)/t17-,19?,20-,21-,22+/m0/s1. The monoisotopic (exact) mass is 536 g/mol. The minimum absolute atomic E-state index is 0.0516. The molecule has 0 spiro atoms. The summed E-state index contributed by atoms with van der Waals surface area (Å²) in [5.41, 5.74) is -0.555. The van der Waals surface area contributed by atoms with Crippen LogP contribution in [0.3, 0.4) is 0 Å². The van der Waals surface area contributed by atoms with E-state index in [4.69, 9.17) is 4.74 Å². The number of amides is 5. The molecule has 2 aliphatic heterocycles. The van der Waals surface area contributed by atoms with Gasteiger partial charge in [0.05, 0.1) is 24.7 Å². The van der Waals surface area contributed by atoms with Crippen molar-refractivity contribution in [2.75, 3.05) is 20.1 Å². The number of rotatable bonds is 7. The molecular formula is C27H48N6O5. The van der Waals surface area contributed by atoms with Gasteiger partial charge in [-0.1, -0.05) is 40.0 Å². The predicted molar refractivity (Wildman–Crippen MR) is 144 cm³/mol. The smallest absolute Gasteiger partial charge is 0.407 e. The highest BCUT2D eigenvalue weighted by Gasteiger charge is 2.55. The lowest BCUT2D eigenvalue weighted by Gasteiger charge is -2.37. The highest BCUT2D eigenvalue weighted by Crippen LogP contribution is 2.36. The Balaban J connectivity index is 1.82. The van der Waals surface area contributed by atoms with Gasteiger partial charge >= 0.3 is 12.1 Å². The summed E-state index contributed by atoms with van der Waals surface area (Å²) in [5, 5.41) is 11.8. The number of urea groups is 1. The molecule has 3 aliphatic rings. The lowest BCUT2D eigenvalue weighted by molar-refractivity contribution is -0.141. The summed E-state index contributed by atoms with van der Waals surface area (Å²) in [6.07, 6.45) is 4.59. The van der Waals surface area contributed by atoms with E-state index in [1.54, 1.807) is 23.8 Å². The molecule has 2 saturated heterocycles. The maximum absolute atomic E-state index is 14.0. The van der Waals surface area contributed by atoms with E-state index in [1.165, 1.54) is 6.42 Å². The molecule has 0 bridgehead atoms. The second kappa shape index (κ2) is 12.5. The van der Waals surface area contributed by atoms with Crippen LogP contribution in [0.1, 0.15) is 80.1 Å². The molecule has 0 aromatic heterocycles. The number of hydrogen-bond acceptors (Lipinski definition) is 6. The minimum Gasteiger partial charge on any atom is -0.442 e. The molecule has 1 aliphatic carbocycles. The molecule has 3 fully saturated rings. The van der Waals surface area contributed by atoms with Crippen molar-refractivity contribution in [3.63, 3.8) is 0 Å². The molecule has 38 heavy (non-hydrogen) atoms. The number of alkyl carbamates (subject to hydrolysis) is 1. The first-order valence-electron chi connectivity index (χ1n) is 14.2. The van der Waals surface area contributed by atoms with Crippen molar-refractivity contribution in [1.82, 2.24) is 31.1 Å². The van der Waals surface area contributed by atoms with E-state index < -0.39 is 35.7 Å². The Kier molecular flexibility index (Phi) is 9.89. The minimum atomic E-state index is -0.778. The number of ether oxygens (including phenoxy) is 1. The van der Waals surface area contributed by atoms with E-state index >= 15 is 0 Å². The Labute approximate surface area is 227 Å². The van der Waals surface area contributed by atoms with Gasteiger partial charge < -0.3 is 35.8 Å². The molecule has 1 saturated carbocycles. The van der Waals surface area contributed by atoms with Crippen LogP contribution in [-0.4, -0.2) is 96.2 Å². The van der Waals surface area contributed by atoms with E-state index in [0.29, 0.717) is 13.0 Å². The second-order valence-corrected chi connectivity index (χ2v) is 12.4. The molecule has 5 atom stereocenters. The van der Waals surface area contributed by atoms with Gasteiger partial charge in [0.1, 0.15) is 12.1 Å². The van der Waals surface area contributed by atoms with Crippen LogP contribution in [0.25, 0.3) is 0 Å². The fourth-order valence-corrected chi connectivity index (χ4v) is 5.75. The Morgan fingerprint density at radius 2 is 1.58 bits per heavy atom. The van der Waals surface area contributed by atoms with Crippen LogP contribution < -0.4 is 21.3 Å². The number of nitrogens with one attached hydrogen (secondary N) is 4. The first-order valence-corrected chi connectivity index (χ1v) is 14.2. The Bertz CT molecular complexity index is 869. The quantitative estimate of drug-likeness (QED) is 0.393. The summed E-state index contributed by atoms with van der Waals surface area (Å²) in [6.45, 7) is 11.9. The van der Waals surface area contributed by atoms with Crippen LogP contribution in [0.2, 0.25) is 0 Å². The van der Waals surface area contributed by atoms with Gasteiger partial charge in [-0.15, -0.1) is 0 Å². The first-order chi connectivity index (χ1) is 17.8. The van der Waals surface area contributed by atoms with Crippen molar-refractivity contribution in [2.24, 2.45) is 5.41 Å². The van der Waals surface area contributed by atoms with Crippen LogP contribution in [0, 0.1) is 5.41 Å². The van der Waals surface area contributed by atoms with Crippen molar-refractivity contribution < 1.29 is 23.9 Å². The van der Waals surface area contributed by atoms with Gasteiger partial charge in [0.2, 0.25) is 11.8 Å². The lowest BCUT2D eigenvalue weighted by Crippen LogP contribution is -2.59. The molecule has 11 heteroatoms. The normalized spacial score (nSPS) is 25.5. The third kappa shape index (κ3) is 7.09. The van der Waals surface area contributed by atoms with Crippen LogP contribution in [0.5, 0.6) is 0 Å². The van der Waals surface area contributed by atoms with Crippen molar-refractivity contribution in [3.8, 4) is 0 Å². The highest BCUT2D eigenvalue weighted by molar-refractivity contribution is 5.91. The topological polar surface area (TPSA) is 132 Å². The maximum Gasteiger partial charge on any atom is 0.407 e. The van der Waals surface area contributed by atoms with E-state index in [0.717, 1.165) is 25.7 Å². The van der Waals surface area contributed by atoms with Crippen LogP contribution >= 0.6 is 0 Å². The van der Waals surface area contributed by atoms with E-state index in [1.807, 2.05) is 34.6 Å².